The van der Waals surface area contributed by atoms with E-state index in [0.29, 0.717) is 10.2 Å². The van der Waals surface area contributed by atoms with Gasteiger partial charge in [0.25, 0.3) is 0 Å². The minimum atomic E-state index is -3.81. The summed E-state index contributed by atoms with van der Waals surface area (Å²) in [6.07, 6.45) is 1.34. The zero-order chi connectivity index (χ0) is 27.9. The van der Waals surface area contributed by atoms with E-state index in [-0.39, 0.29) is 24.9 Å². The van der Waals surface area contributed by atoms with Crippen LogP contribution in [0.25, 0.3) is 0 Å². The summed E-state index contributed by atoms with van der Waals surface area (Å²) in [7, 11) is -3.81. The largest absolute Gasteiger partial charge is 0.352 e. The number of hydrogen-bond acceptors (Lipinski definition) is 4. The number of carbonyl (C=O) groups excluding carboxylic acids is 2. The first-order valence-electron chi connectivity index (χ1n) is 12.1. The molecule has 0 saturated heterocycles. The van der Waals surface area contributed by atoms with Crippen molar-refractivity contribution in [3.05, 3.63) is 98.9 Å². The first-order valence-corrected chi connectivity index (χ1v) is 15.5. The van der Waals surface area contributed by atoms with E-state index in [0.717, 1.165) is 26.2 Å². The summed E-state index contributed by atoms with van der Waals surface area (Å²) in [4.78, 5) is 28.9. The summed E-state index contributed by atoms with van der Waals surface area (Å²) in [5, 5.41) is 2.94. The van der Waals surface area contributed by atoms with Crippen LogP contribution in [0.5, 0.6) is 0 Å². The number of benzene rings is 3. The number of carbonyl (C=O) groups is 2. The van der Waals surface area contributed by atoms with Gasteiger partial charge in [-0.2, -0.15) is 0 Å². The molecule has 0 spiro atoms. The molecule has 2 amide bonds. The summed E-state index contributed by atoms with van der Waals surface area (Å²) in [5.41, 5.74) is 2.05. The quantitative estimate of drug-likeness (QED) is 0.308. The van der Waals surface area contributed by atoms with Crippen LogP contribution in [0.15, 0.2) is 87.8 Å². The molecule has 0 aliphatic rings. The molecule has 3 aromatic carbocycles. The molecule has 0 heterocycles. The maximum atomic E-state index is 14.0. The van der Waals surface area contributed by atoms with Crippen LogP contribution in [-0.4, -0.2) is 50.0 Å². The van der Waals surface area contributed by atoms with Crippen molar-refractivity contribution in [2.45, 2.75) is 38.9 Å². The predicted octanol–water partition coefficient (Wildman–Crippen LogP) is 5.14. The molecule has 0 unspecified atom stereocenters. The van der Waals surface area contributed by atoms with Gasteiger partial charge in [0.15, 0.2) is 0 Å². The molecule has 0 radical (unpaired) electrons. The Balaban J connectivity index is 2.05. The van der Waals surface area contributed by atoms with Crippen LogP contribution in [0.4, 0.5) is 5.69 Å². The number of amides is 2. The summed E-state index contributed by atoms with van der Waals surface area (Å²) in [6.45, 7) is 3.39. The highest BCUT2D eigenvalue weighted by Gasteiger charge is 2.33. The summed E-state index contributed by atoms with van der Waals surface area (Å²) in [6, 6.07) is 22.7. The first kappa shape index (κ1) is 29.9. The fourth-order valence-electron chi connectivity index (χ4n) is 3.97. The van der Waals surface area contributed by atoms with Gasteiger partial charge in [-0.3, -0.25) is 13.9 Å². The van der Waals surface area contributed by atoms with Gasteiger partial charge in [-0.05, 0) is 55.3 Å². The Bertz CT molecular complexity index is 1350. The zero-order valence-electron chi connectivity index (χ0n) is 21.5. The maximum Gasteiger partial charge on any atom is 0.244 e. The van der Waals surface area contributed by atoms with Crippen molar-refractivity contribution in [2.75, 3.05) is 17.1 Å². The molecule has 3 rings (SSSR count). The minimum absolute atomic E-state index is 0.130. The molecular weight excluding hydrogens is 634 g/mol. The lowest BCUT2D eigenvalue weighted by molar-refractivity contribution is -0.140. The second-order valence-corrected chi connectivity index (χ2v) is 13.0. The highest BCUT2D eigenvalue weighted by molar-refractivity contribution is 9.10. The third-order valence-corrected chi connectivity index (χ3v) is 7.91. The van der Waals surface area contributed by atoms with E-state index in [1.54, 1.807) is 24.3 Å². The van der Waals surface area contributed by atoms with E-state index in [1.807, 2.05) is 68.4 Å². The van der Waals surface area contributed by atoms with Crippen LogP contribution in [0, 0.1) is 0 Å². The number of nitrogens with one attached hydrogen (secondary N) is 1. The number of sulfonamides is 1. The smallest absolute Gasteiger partial charge is 0.244 e. The Morgan fingerprint density at radius 2 is 1.53 bits per heavy atom. The Kier molecular flexibility index (Phi) is 10.5. The van der Waals surface area contributed by atoms with E-state index < -0.39 is 28.5 Å². The predicted molar refractivity (Wildman–Crippen MR) is 158 cm³/mol. The van der Waals surface area contributed by atoms with Crippen LogP contribution < -0.4 is 9.62 Å². The van der Waals surface area contributed by atoms with Gasteiger partial charge in [-0.15, -0.1) is 0 Å². The molecule has 10 heteroatoms. The van der Waals surface area contributed by atoms with Gasteiger partial charge in [0, 0.05) is 28.0 Å². The van der Waals surface area contributed by atoms with Crippen LogP contribution in [0.2, 0.25) is 0 Å². The van der Waals surface area contributed by atoms with Crippen LogP contribution >= 0.6 is 31.9 Å². The molecule has 0 fully saturated rings. The number of hydrogen-bond donors (Lipinski definition) is 1. The Hall–Kier alpha value is -2.69. The normalized spacial score (nSPS) is 12.2. The van der Waals surface area contributed by atoms with Crippen molar-refractivity contribution in [3.63, 3.8) is 0 Å². The van der Waals surface area contributed by atoms with Crippen molar-refractivity contribution in [2.24, 2.45) is 0 Å². The van der Waals surface area contributed by atoms with E-state index in [4.69, 9.17) is 0 Å². The lowest BCUT2D eigenvalue weighted by Crippen LogP contribution is -2.54. The van der Waals surface area contributed by atoms with Gasteiger partial charge >= 0.3 is 0 Å². The van der Waals surface area contributed by atoms with Crippen molar-refractivity contribution in [3.8, 4) is 0 Å². The van der Waals surface area contributed by atoms with E-state index >= 15 is 0 Å². The first-order chi connectivity index (χ1) is 17.9. The molecule has 3 aromatic rings. The molecule has 38 heavy (non-hydrogen) atoms. The molecule has 1 N–H and O–H groups in total. The minimum Gasteiger partial charge on any atom is -0.352 e. The Morgan fingerprint density at radius 3 is 2.11 bits per heavy atom. The van der Waals surface area contributed by atoms with Gasteiger partial charge in [0.2, 0.25) is 21.8 Å². The van der Waals surface area contributed by atoms with Crippen molar-refractivity contribution < 1.29 is 18.0 Å². The van der Waals surface area contributed by atoms with Gasteiger partial charge in [0.1, 0.15) is 12.6 Å². The lowest BCUT2D eigenvalue weighted by Gasteiger charge is -2.34. The molecule has 7 nitrogen and oxygen atoms in total. The van der Waals surface area contributed by atoms with Crippen LogP contribution in [0.3, 0.4) is 0 Å². The summed E-state index contributed by atoms with van der Waals surface area (Å²) >= 11 is 6.80. The molecule has 1 atom stereocenters. The van der Waals surface area contributed by atoms with Gasteiger partial charge in [-0.25, -0.2) is 8.42 Å². The SMILES string of the molecule is CC(C)NC(=O)[C@@H](Cc1ccccc1)N(Cc1ccc(Br)cc1)C(=O)CN(c1cccc(Br)c1)S(C)(=O)=O. The Labute approximate surface area is 241 Å². The standard InChI is InChI=1S/C28H31Br2N3O4S/c1-20(2)31-28(35)26(16-21-8-5-4-6-9-21)32(18-22-12-14-23(29)15-13-22)27(34)19-33(38(3,36)37)25-11-7-10-24(30)17-25/h4-15,17,20,26H,16,18-19H2,1-3H3,(H,31,35)/t26-/m1/s1. The van der Waals surface area contributed by atoms with E-state index in [9.17, 15) is 18.0 Å². The molecule has 0 aliphatic heterocycles. The van der Waals surface area contributed by atoms with E-state index in [1.165, 1.54) is 4.90 Å². The fraction of sp³-hybridized carbons (Fsp3) is 0.286. The van der Waals surface area contributed by atoms with Gasteiger partial charge in [0.05, 0.1) is 11.9 Å². The highest BCUT2D eigenvalue weighted by Crippen LogP contribution is 2.24. The zero-order valence-corrected chi connectivity index (χ0v) is 25.5. The number of halogens is 2. The average molecular weight is 665 g/mol. The van der Waals surface area contributed by atoms with Gasteiger partial charge < -0.3 is 10.2 Å². The molecular formula is C28H31Br2N3O4S. The molecule has 0 aliphatic carbocycles. The maximum absolute atomic E-state index is 14.0. The summed E-state index contributed by atoms with van der Waals surface area (Å²) < 4.78 is 28.2. The van der Waals surface area contributed by atoms with Crippen LogP contribution in [0.1, 0.15) is 25.0 Å². The lowest BCUT2D eigenvalue weighted by atomic mass is 10.0. The molecule has 0 aromatic heterocycles. The fourth-order valence-corrected chi connectivity index (χ4v) is 5.46. The number of anilines is 1. The summed E-state index contributed by atoms with van der Waals surface area (Å²) in [5.74, 6) is -0.791. The number of nitrogens with zero attached hydrogens (tertiary/aromatic N) is 2. The number of rotatable bonds is 11. The second kappa shape index (κ2) is 13.4. The van der Waals surface area contributed by atoms with Crippen molar-refractivity contribution in [1.82, 2.24) is 10.2 Å². The molecule has 202 valence electrons. The second-order valence-electron chi connectivity index (χ2n) is 9.27. The van der Waals surface area contributed by atoms with Gasteiger partial charge in [-0.1, -0.05) is 80.4 Å². The van der Waals surface area contributed by atoms with E-state index in [2.05, 4.69) is 37.2 Å². The van der Waals surface area contributed by atoms with Crippen LogP contribution in [-0.2, 0) is 32.6 Å². The van der Waals surface area contributed by atoms with Crippen molar-refractivity contribution in [1.29, 1.82) is 0 Å². The third-order valence-electron chi connectivity index (χ3n) is 5.74. The highest BCUT2D eigenvalue weighted by atomic mass is 79.9. The topological polar surface area (TPSA) is 86.8 Å². The molecule has 0 bridgehead atoms. The molecule has 0 saturated carbocycles. The monoisotopic (exact) mass is 663 g/mol. The van der Waals surface area contributed by atoms with Crippen molar-refractivity contribution >= 4 is 59.4 Å². The third kappa shape index (κ3) is 8.68. The Morgan fingerprint density at radius 1 is 0.868 bits per heavy atom. The average Bonchev–Trinajstić information content (AvgIpc) is 2.85.